The van der Waals surface area contributed by atoms with Crippen LogP contribution in [0, 0.1) is 0 Å². The lowest BCUT2D eigenvalue weighted by Gasteiger charge is -2.05. The van der Waals surface area contributed by atoms with Gasteiger partial charge in [0.2, 0.25) is 0 Å². The van der Waals surface area contributed by atoms with Crippen molar-refractivity contribution in [3.63, 3.8) is 0 Å². The van der Waals surface area contributed by atoms with Crippen molar-refractivity contribution in [2.75, 3.05) is 0 Å². The Balaban J connectivity index is 2.30. The molecule has 0 spiro atoms. The van der Waals surface area contributed by atoms with Crippen molar-refractivity contribution in [3.05, 3.63) is 52.6 Å². The lowest BCUT2D eigenvalue weighted by atomic mass is 10.1. The molecule has 5 nitrogen and oxygen atoms in total. The van der Waals surface area contributed by atoms with Crippen LogP contribution in [0.25, 0.3) is 22.1 Å². The Morgan fingerprint density at radius 1 is 1.26 bits per heavy atom. The van der Waals surface area contributed by atoms with Crippen LogP contribution in [0.5, 0.6) is 5.75 Å². The summed E-state index contributed by atoms with van der Waals surface area (Å²) in [5, 5.41) is 19.7. The Labute approximate surface area is 107 Å². The topological polar surface area (TPSA) is 86.5 Å². The van der Waals surface area contributed by atoms with Gasteiger partial charge in [-0.3, -0.25) is 0 Å². The maximum absolute atomic E-state index is 11.9. The van der Waals surface area contributed by atoms with Gasteiger partial charge >= 0.3 is 5.63 Å². The van der Waals surface area contributed by atoms with Crippen molar-refractivity contribution < 1.29 is 14.6 Å². The Morgan fingerprint density at radius 2 is 2.11 bits per heavy atom. The predicted octanol–water partition coefficient (Wildman–Crippen LogP) is 1.99. The van der Waals surface area contributed by atoms with Crippen molar-refractivity contribution in [2.24, 2.45) is 0 Å². The quantitative estimate of drug-likeness (QED) is 0.655. The van der Waals surface area contributed by atoms with E-state index < -0.39 is 5.63 Å². The monoisotopic (exact) mass is 257 g/mol. The molecule has 3 N–H and O–H groups in total. The average Bonchev–Trinajstić information content (AvgIpc) is 2.91. The molecule has 2 heterocycles. The first-order valence-corrected chi connectivity index (χ1v) is 5.73. The number of H-pyrrole nitrogens is 1. The zero-order chi connectivity index (χ0) is 13.4. The van der Waals surface area contributed by atoms with Gasteiger partial charge < -0.3 is 19.6 Å². The summed E-state index contributed by atoms with van der Waals surface area (Å²) < 4.78 is 5.24. The maximum Gasteiger partial charge on any atom is 0.344 e. The number of hydrogen-bond donors (Lipinski definition) is 3. The van der Waals surface area contributed by atoms with E-state index in [-0.39, 0.29) is 12.4 Å². The van der Waals surface area contributed by atoms with Crippen LogP contribution >= 0.6 is 0 Å². The molecule has 19 heavy (non-hydrogen) atoms. The zero-order valence-corrected chi connectivity index (χ0v) is 9.88. The van der Waals surface area contributed by atoms with E-state index in [1.165, 1.54) is 12.1 Å². The number of rotatable bonds is 2. The molecule has 2 aromatic heterocycles. The second-order valence-corrected chi connectivity index (χ2v) is 4.22. The molecule has 1 aromatic carbocycles. The standard InChI is InChI=1S/C14H11NO4/c16-7-10-3-11-9(4-12(10)17)5-13(19-14(11)18)8-1-2-15-6-8/h1-6,15-17H,7H2. The number of aromatic nitrogens is 1. The minimum Gasteiger partial charge on any atom is -0.508 e. The van der Waals surface area contributed by atoms with Crippen LogP contribution in [0.15, 0.2) is 45.9 Å². The van der Waals surface area contributed by atoms with Crippen LogP contribution < -0.4 is 5.63 Å². The Kier molecular flexibility index (Phi) is 2.61. The minimum absolute atomic E-state index is 0.0411. The average molecular weight is 257 g/mol. The number of phenols is 1. The first kappa shape index (κ1) is 11.6. The van der Waals surface area contributed by atoms with Crippen molar-refractivity contribution in [3.8, 4) is 17.1 Å². The molecule has 3 aromatic rings. The molecule has 0 aliphatic carbocycles. The normalized spacial score (nSPS) is 11.0. The van der Waals surface area contributed by atoms with Gasteiger partial charge in [-0.05, 0) is 29.7 Å². The third-order valence-electron chi connectivity index (χ3n) is 3.01. The maximum atomic E-state index is 11.9. The molecule has 0 aliphatic rings. The summed E-state index contributed by atoms with van der Waals surface area (Å²) in [6.07, 6.45) is 3.44. The second-order valence-electron chi connectivity index (χ2n) is 4.22. The fourth-order valence-corrected chi connectivity index (χ4v) is 2.02. The molecule has 0 atom stereocenters. The highest BCUT2D eigenvalue weighted by molar-refractivity contribution is 5.86. The number of aromatic amines is 1. The summed E-state index contributed by atoms with van der Waals surface area (Å²) in [4.78, 5) is 14.8. The van der Waals surface area contributed by atoms with Gasteiger partial charge in [-0.1, -0.05) is 0 Å². The third kappa shape index (κ3) is 1.90. The number of nitrogens with one attached hydrogen (secondary N) is 1. The SMILES string of the molecule is O=c1oc(-c2cc[nH]c2)cc2cc(O)c(CO)cc12. The lowest BCUT2D eigenvalue weighted by Crippen LogP contribution is -2.01. The van der Waals surface area contributed by atoms with Crippen molar-refractivity contribution in [1.82, 2.24) is 4.98 Å². The van der Waals surface area contributed by atoms with E-state index in [4.69, 9.17) is 9.52 Å². The molecule has 0 fully saturated rings. The molecule has 0 aliphatic heterocycles. The minimum atomic E-state index is -0.497. The Bertz CT molecular complexity index is 787. The van der Waals surface area contributed by atoms with E-state index in [0.29, 0.717) is 22.1 Å². The van der Waals surface area contributed by atoms with Crippen LogP contribution in [-0.2, 0) is 6.61 Å². The molecular formula is C14H11NO4. The number of aliphatic hydroxyl groups is 1. The van der Waals surface area contributed by atoms with Crippen molar-refractivity contribution >= 4 is 10.8 Å². The van der Waals surface area contributed by atoms with Crippen LogP contribution in [0.1, 0.15) is 5.56 Å². The van der Waals surface area contributed by atoms with Gasteiger partial charge in [0.15, 0.2) is 0 Å². The summed E-state index contributed by atoms with van der Waals surface area (Å²) in [5.41, 5.74) is 0.558. The molecular weight excluding hydrogens is 246 g/mol. The third-order valence-corrected chi connectivity index (χ3v) is 3.01. The van der Waals surface area contributed by atoms with E-state index in [2.05, 4.69) is 4.98 Å². The van der Waals surface area contributed by atoms with Gasteiger partial charge in [-0.2, -0.15) is 0 Å². The fourth-order valence-electron chi connectivity index (χ4n) is 2.02. The van der Waals surface area contributed by atoms with Crippen LogP contribution in [-0.4, -0.2) is 15.2 Å². The highest BCUT2D eigenvalue weighted by atomic mass is 16.4. The summed E-state index contributed by atoms with van der Waals surface area (Å²) in [5.74, 6) is 0.385. The van der Waals surface area contributed by atoms with Crippen LogP contribution in [0.2, 0.25) is 0 Å². The first-order valence-electron chi connectivity index (χ1n) is 5.73. The summed E-state index contributed by atoms with van der Waals surface area (Å²) >= 11 is 0. The summed E-state index contributed by atoms with van der Waals surface area (Å²) in [7, 11) is 0. The summed E-state index contributed by atoms with van der Waals surface area (Å²) in [6, 6.07) is 6.36. The first-order chi connectivity index (χ1) is 9.19. The van der Waals surface area contributed by atoms with Gasteiger partial charge in [-0.15, -0.1) is 0 Å². The van der Waals surface area contributed by atoms with Crippen molar-refractivity contribution in [1.29, 1.82) is 0 Å². The van der Waals surface area contributed by atoms with Gasteiger partial charge in [0.05, 0.1) is 12.0 Å². The van der Waals surface area contributed by atoms with E-state index in [1.807, 2.05) is 0 Å². The Hall–Kier alpha value is -2.53. The van der Waals surface area contributed by atoms with Gasteiger partial charge in [-0.25, -0.2) is 4.79 Å². The number of fused-ring (bicyclic) bond motifs is 1. The number of aromatic hydroxyl groups is 1. The second kappa shape index (κ2) is 4.29. The molecule has 0 bridgehead atoms. The van der Waals surface area contributed by atoms with Gasteiger partial charge in [0.25, 0.3) is 0 Å². The number of benzene rings is 1. The van der Waals surface area contributed by atoms with E-state index in [0.717, 1.165) is 5.56 Å². The summed E-state index contributed by atoms with van der Waals surface area (Å²) in [6.45, 7) is -0.333. The van der Waals surface area contributed by atoms with Crippen LogP contribution in [0.4, 0.5) is 0 Å². The smallest absolute Gasteiger partial charge is 0.344 e. The molecule has 0 saturated carbocycles. The van der Waals surface area contributed by atoms with E-state index in [9.17, 15) is 9.90 Å². The molecule has 5 heteroatoms. The molecule has 0 unspecified atom stereocenters. The van der Waals surface area contributed by atoms with Crippen molar-refractivity contribution in [2.45, 2.75) is 6.61 Å². The van der Waals surface area contributed by atoms with Gasteiger partial charge in [0, 0.05) is 23.5 Å². The molecule has 0 amide bonds. The van der Waals surface area contributed by atoms with Gasteiger partial charge in [0.1, 0.15) is 11.5 Å². The molecule has 0 radical (unpaired) electrons. The molecule has 96 valence electrons. The molecule has 3 rings (SSSR count). The number of hydrogen-bond acceptors (Lipinski definition) is 4. The zero-order valence-electron chi connectivity index (χ0n) is 9.88. The number of aliphatic hydroxyl groups excluding tert-OH is 1. The predicted molar refractivity (Wildman–Crippen MR) is 69.9 cm³/mol. The van der Waals surface area contributed by atoms with E-state index >= 15 is 0 Å². The highest BCUT2D eigenvalue weighted by Crippen LogP contribution is 2.27. The molecule has 0 saturated heterocycles. The highest BCUT2D eigenvalue weighted by Gasteiger charge is 2.10. The lowest BCUT2D eigenvalue weighted by molar-refractivity contribution is 0.276. The largest absolute Gasteiger partial charge is 0.508 e. The van der Waals surface area contributed by atoms with Crippen LogP contribution in [0.3, 0.4) is 0 Å². The Morgan fingerprint density at radius 3 is 2.79 bits per heavy atom. The fraction of sp³-hybridized carbons (Fsp3) is 0.0714. The van der Waals surface area contributed by atoms with E-state index in [1.54, 1.807) is 24.5 Å².